The van der Waals surface area contributed by atoms with Crippen LogP contribution in [0.3, 0.4) is 0 Å². The summed E-state index contributed by atoms with van der Waals surface area (Å²) in [6.07, 6.45) is 0.413. The van der Waals surface area contributed by atoms with E-state index in [-0.39, 0.29) is 24.2 Å². The van der Waals surface area contributed by atoms with Gasteiger partial charge in [0.2, 0.25) is 0 Å². The second-order valence-electron chi connectivity index (χ2n) is 5.28. The van der Waals surface area contributed by atoms with Gasteiger partial charge in [-0.15, -0.1) is 0 Å². The van der Waals surface area contributed by atoms with Gasteiger partial charge in [-0.3, -0.25) is 9.69 Å². The van der Waals surface area contributed by atoms with E-state index in [9.17, 15) is 14.7 Å². The molecule has 1 fully saturated rings. The number of carbonyl (C=O) groups is 2. The largest absolute Gasteiger partial charge is 0.508 e. The number of amides is 3. The highest BCUT2D eigenvalue weighted by molar-refractivity contribution is 6.04. The van der Waals surface area contributed by atoms with Crippen LogP contribution >= 0.6 is 0 Å². The van der Waals surface area contributed by atoms with Crippen molar-refractivity contribution in [2.75, 3.05) is 0 Å². The number of imide groups is 1. The van der Waals surface area contributed by atoms with Crippen molar-refractivity contribution < 1.29 is 14.7 Å². The first-order valence-corrected chi connectivity index (χ1v) is 7.07. The Bertz CT molecular complexity index is 683. The van der Waals surface area contributed by atoms with E-state index in [0.29, 0.717) is 6.42 Å². The highest BCUT2D eigenvalue weighted by Gasteiger charge is 2.37. The molecule has 0 spiro atoms. The number of nitrogens with one attached hydrogen (secondary N) is 1. The number of phenols is 1. The first-order chi connectivity index (χ1) is 10.6. The number of hydrogen-bond acceptors (Lipinski definition) is 3. The number of urea groups is 1. The van der Waals surface area contributed by atoms with E-state index < -0.39 is 6.04 Å². The fourth-order valence-corrected chi connectivity index (χ4v) is 2.50. The normalized spacial score (nSPS) is 17.6. The van der Waals surface area contributed by atoms with Crippen LogP contribution in [0.5, 0.6) is 5.75 Å². The summed E-state index contributed by atoms with van der Waals surface area (Å²) >= 11 is 0. The number of nitrogens with zero attached hydrogens (tertiary/aromatic N) is 1. The van der Waals surface area contributed by atoms with Crippen LogP contribution in [0, 0.1) is 0 Å². The fourth-order valence-electron chi connectivity index (χ4n) is 2.50. The third-order valence-electron chi connectivity index (χ3n) is 3.67. The lowest BCUT2D eigenvalue weighted by Gasteiger charge is -2.13. The number of hydrogen-bond donors (Lipinski definition) is 2. The molecule has 5 heteroatoms. The molecule has 0 saturated carbocycles. The lowest BCUT2D eigenvalue weighted by Crippen LogP contribution is -2.32. The van der Waals surface area contributed by atoms with Crippen LogP contribution in [-0.2, 0) is 17.8 Å². The van der Waals surface area contributed by atoms with E-state index in [0.717, 1.165) is 11.1 Å². The molecule has 2 aromatic carbocycles. The van der Waals surface area contributed by atoms with Gasteiger partial charge < -0.3 is 10.4 Å². The second kappa shape index (κ2) is 5.89. The molecular formula is C17H16N2O3. The van der Waals surface area contributed by atoms with Crippen LogP contribution in [0.15, 0.2) is 54.6 Å². The predicted octanol–water partition coefficient (Wildman–Crippen LogP) is 2.06. The third-order valence-corrected chi connectivity index (χ3v) is 3.67. The lowest BCUT2D eigenvalue weighted by molar-refractivity contribution is -0.127. The molecule has 3 amide bonds. The topological polar surface area (TPSA) is 69.6 Å². The number of carbonyl (C=O) groups excluding carboxylic acids is 2. The molecule has 1 atom stereocenters. The summed E-state index contributed by atoms with van der Waals surface area (Å²) < 4.78 is 0. The quantitative estimate of drug-likeness (QED) is 0.848. The zero-order chi connectivity index (χ0) is 15.5. The van der Waals surface area contributed by atoms with Gasteiger partial charge in [0.1, 0.15) is 11.8 Å². The summed E-state index contributed by atoms with van der Waals surface area (Å²) in [7, 11) is 0. The molecule has 2 N–H and O–H groups in total. The minimum absolute atomic E-state index is 0.177. The Morgan fingerprint density at radius 3 is 2.32 bits per heavy atom. The Morgan fingerprint density at radius 2 is 1.64 bits per heavy atom. The summed E-state index contributed by atoms with van der Waals surface area (Å²) in [6, 6.07) is 15.1. The molecule has 5 nitrogen and oxygen atoms in total. The summed E-state index contributed by atoms with van der Waals surface area (Å²) in [5.74, 6) is -0.0434. The van der Waals surface area contributed by atoms with Gasteiger partial charge in [0, 0.05) is 6.42 Å². The maximum Gasteiger partial charge on any atom is 0.325 e. The van der Waals surface area contributed by atoms with Crippen molar-refractivity contribution in [3.63, 3.8) is 0 Å². The van der Waals surface area contributed by atoms with Crippen LogP contribution in [0.25, 0.3) is 0 Å². The van der Waals surface area contributed by atoms with Gasteiger partial charge in [-0.05, 0) is 23.3 Å². The molecule has 0 bridgehead atoms. The summed E-state index contributed by atoms with van der Waals surface area (Å²) in [6.45, 7) is 0.275. The average molecular weight is 296 g/mol. The maximum atomic E-state index is 12.4. The molecule has 1 aliphatic rings. The highest BCUT2D eigenvalue weighted by Crippen LogP contribution is 2.17. The van der Waals surface area contributed by atoms with Crippen LogP contribution in [0.2, 0.25) is 0 Å². The van der Waals surface area contributed by atoms with Gasteiger partial charge in [0.25, 0.3) is 5.91 Å². The van der Waals surface area contributed by atoms with Gasteiger partial charge >= 0.3 is 6.03 Å². The maximum absolute atomic E-state index is 12.4. The van der Waals surface area contributed by atoms with E-state index in [4.69, 9.17) is 0 Å². The Morgan fingerprint density at radius 1 is 0.955 bits per heavy atom. The van der Waals surface area contributed by atoms with Crippen molar-refractivity contribution in [1.82, 2.24) is 10.2 Å². The zero-order valence-electron chi connectivity index (χ0n) is 11.9. The van der Waals surface area contributed by atoms with Crippen molar-refractivity contribution in [2.45, 2.75) is 19.0 Å². The zero-order valence-corrected chi connectivity index (χ0v) is 11.9. The van der Waals surface area contributed by atoms with Crippen LogP contribution in [0.4, 0.5) is 4.79 Å². The lowest BCUT2D eigenvalue weighted by atomic mass is 10.1. The first kappa shape index (κ1) is 14.1. The number of aromatic hydroxyl groups is 1. The van der Waals surface area contributed by atoms with Gasteiger partial charge in [-0.1, -0.05) is 42.5 Å². The molecule has 1 unspecified atom stereocenters. The van der Waals surface area contributed by atoms with E-state index >= 15 is 0 Å². The minimum Gasteiger partial charge on any atom is -0.508 e. The van der Waals surface area contributed by atoms with Crippen molar-refractivity contribution in [2.24, 2.45) is 0 Å². The predicted molar refractivity (Wildman–Crippen MR) is 81.1 cm³/mol. The minimum atomic E-state index is -0.555. The summed E-state index contributed by atoms with van der Waals surface area (Å²) in [4.78, 5) is 25.6. The Hall–Kier alpha value is -2.82. The fraction of sp³-hybridized carbons (Fsp3) is 0.176. The Kier molecular flexibility index (Phi) is 3.78. The SMILES string of the molecule is O=C1NC(Cc2ccc(O)cc2)C(=O)N1Cc1ccccc1. The molecule has 0 aromatic heterocycles. The standard InChI is InChI=1S/C17H16N2O3/c20-14-8-6-12(7-9-14)10-15-16(21)19(17(22)18-15)11-13-4-2-1-3-5-13/h1-9,15,20H,10-11H2,(H,18,22). The average Bonchev–Trinajstić information content (AvgIpc) is 2.78. The van der Waals surface area contributed by atoms with E-state index in [1.807, 2.05) is 30.3 Å². The van der Waals surface area contributed by atoms with Crippen molar-refractivity contribution in [1.29, 1.82) is 0 Å². The molecule has 112 valence electrons. The van der Waals surface area contributed by atoms with Crippen molar-refractivity contribution >= 4 is 11.9 Å². The summed E-state index contributed by atoms with van der Waals surface area (Å²) in [5.41, 5.74) is 1.80. The molecule has 1 heterocycles. The first-order valence-electron chi connectivity index (χ1n) is 7.07. The van der Waals surface area contributed by atoms with Gasteiger partial charge in [0.15, 0.2) is 0 Å². The van der Waals surface area contributed by atoms with Gasteiger partial charge in [-0.25, -0.2) is 4.79 Å². The molecule has 1 saturated heterocycles. The highest BCUT2D eigenvalue weighted by atomic mass is 16.3. The molecule has 3 rings (SSSR count). The molecule has 2 aromatic rings. The second-order valence-corrected chi connectivity index (χ2v) is 5.28. The van der Waals surface area contributed by atoms with Gasteiger partial charge in [0.05, 0.1) is 6.54 Å². The smallest absolute Gasteiger partial charge is 0.325 e. The number of rotatable bonds is 4. The van der Waals surface area contributed by atoms with Crippen LogP contribution in [0.1, 0.15) is 11.1 Å². The third kappa shape index (κ3) is 2.93. The van der Waals surface area contributed by atoms with Crippen LogP contribution < -0.4 is 5.32 Å². The van der Waals surface area contributed by atoms with Crippen molar-refractivity contribution in [3.8, 4) is 5.75 Å². The molecule has 1 aliphatic heterocycles. The van der Waals surface area contributed by atoms with E-state index in [1.165, 1.54) is 4.90 Å². The number of benzene rings is 2. The molecular weight excluding hydrogens is 280 g/mol. The summed E-state index contributed by atoms with van der Waals surface area (Å²) in [5, 5.41) is 12.0. The van der Waals surface area contributed by atoms with E-state index in [1.54, 1.807) is 24.3 Å². The molecule has 22 heavy (non-hydrogen) atoms. The molecule has 0 aliphatic carbocycles. The molecule has 0 radical (unpaired) electrons. The Labute approximate surface area is 128 Å². The number of phenolic OH excluding ortho intramolecular Hbond substituents is 1. The van der Waals surface area contributed by atoms with Crippen LogP contribution in [-0.4, -0.2) is 28.0 Å². The Balaban J connectivity index is 1.70. The van der Waals surface area contributed by atoms with Gasteiger partial charge in [-0.2, -0.15) is 0 Å². The van der Waals surface area contributed by atoms with Crippen molar-refractivity contribution in [3.05, 3.63) is 65.7 Å². The monoisotopic (exact) mass is 296 g/mol. The van der Waals surface area contributed by atoms with E-state index in [2.05, 4.69) is 5.32 Å².